The van der Waals surface area contributed by atoms with Crippen molar-refractivity contribution in [2.45, 2.75) is 20.3 Å². The van der Waals surface area contributed by atoms with Crippen LogP contribution in [0, 0.1) is 5.41 Å². The highest BCUT2D eigenvalue weighted by atomic mass is 16.5. The van der Waals surface area contributed by atoms with Gasteiger partial charge >= 0.3 is 0 Å². The fraction of sp³-hybridized carbons (Fsp3) is 0.400. The Morgan fingerprint density at radius 1 is 1.62 bits per heavy atom. The number of carbonyl (C=O) groups excluding carboxylic acids is 2. The molecule has 3 nitrogen and oxygen atoms in total. The summed E-state index contributed by atoms with van der Waals surface area (Å²) in [6.07, 6.45) is 1.87. The minimum atomic E-state index is -0.314. The molecule has 70 valence electrons. The van der Waals surface area contributed by atoms with Gasteiger partial charge in [0.15, 0.2) is 5.78 Å². The van der Waals surface area contributed by atoms with E-state index in [-0.39, 0.29) is 11.2 Å². The summed E-state index contributed by atoms with van der Waals surface area (Å²) < 4.78 is 4.74. The lowest BCUT2D eigenvalue weighted by molar-refractivity contribution is -0.127. The molecule has 0 aromatic carbocycles. The SMILES string of the molecule is C=C1CC(C)(C)C(OC=O)=CC1=O. The topological polar surface area (TPSA) is 43.4 Å². The van der Waals surface area contributed by atoms with E-state index in [2.05, 4.69) is 6.58 Å². The van der Waals surface area contributed by atoms with Crippen molar-refractivity contribution in [3.8, 4) is 0 Å². The van der Waals surface area contributed by atoms with Gasteiger partial charge in [-0.2, -0.15) is 0 Å². The lowest BCUT2D eigenvalue weighted by Crippen LogP contribution is -2.25. The second-order valence-corrected chi connectivity index (χ2v) is 3.75. The molecule has 0 unspecified atom stereocenters. The van der Waals surface area contributed by atoms with E-state index in [1.165, 1.54) is 6.08 Å². The normalized spacial score (nSPS) is 20.9. The van der Waals surface area contributed by atoms with Crippen LogP contribution in [0.25, 0.3) is 0 Å². The van der Waals surface area contributed by atoms with Crippen molar-refractivity contribution in [2.75, 3.05) is 0 Å². The molecule has 0 saturated heterocycles. The zero-order valence-corrected chi connectivity index (χ0v) is 7.79. The summed E-state index contributed by atoms with van der Waals surface area (Å²) in [4.78, 5) is 21.3. The molecule has 0 heterocycles. The Kier molecular flexibility index (Phi) is 2.36. The molecule has 0 fully saturated rings. The van der Waals surface area contributed by atoms with Crippen molar-refractivity contribution in [3.05, 3.63) is 24.0 Å². The Labute approximate surface area is 77.1 Å². The molecular weight excluding hydrogens is 168 g/mol. The van der Waals surface area contributed by atoms with E-state index in [4.69, 9.17) is 4.74 Å². The first kappa shape index (κ1) is 9.71. The number of rotatable bonds is 2. The second kappa shape index (κ2) is 3.17. The minimum absolute atomic E-state index is 0.156. The van der Waals surface area contributed by atoms with E-state index in [0.29, 0.717) is 24.2 Å². The highest BCUT2D eigenvalue weighted by Gasteiger charge is 2.32. The summed E-state index contributed by atoms with van der Waals surface area (Å²) in [5.74, 6) is 0.260. The van der Waals surface area contributed by atoms with Gasteiger partial charge in [0.05, 0.1) is 0 Å². The molecule has 3 heteroatoms. The summed E-state index contributed by atoms with van der Waals surface area (Å²) in [6, 6.07) is 0. The number of allylic oxidation sites excluding steroid dienone is 3. The van der Waals surface area contributed by atoms with Gasteiger partial charge in [-0.25, -0.2) is 0 Å². The third kappa shape index (κ3) is 1.86. The van der Waals surface area contributed by atoms with E-state index in [9.17, 15) is 9.59 Å². The molecular formula is C10H12O3. The van der Waals surface area contributed by atoms with Crippen molar-refractivity contribution in [1.82, 2.24) is 0 Å². The standard InChI is InChI=1S/C10H12O3/c1-7-5-10(2,3)9(13-6-11)4-8(7)12/h4,6H,1,5H2,2-3H3. The van der Waals surface area contributed by atoms with Gasteiger partial charge in [-0.1, -0.05) is 20.4 Å². The van der Waals surface area contributed by atoms with Gasteiger partial charge < -0.3 is 4.74 Å². The maximum Gasteiger partial charge on any atom is 0.298 e. The van der Waals surface area contributed by atoms with Crippen LogP contribution >= 0.6 is 0 Å². The monoisotopic (exact) mass is 180 g/mol. The predicted octanol–water partition coefficient (Wildman–Crippen LogP) is 1.60. The Bertz CT molecular complexity index is 297. The van der Waals surface area contributed by atoms with Crippen LogP contribution in [-0.2, 0) is 14.3 Å². The Morgan fingerprint density at radius 2 is 2.23 bits per heavy atom. The Hall–Kier alpha value is -1.38. The molecule has 0 aromatic rings. The molecule has 0 bridgehead atoms. The molecule has 1 aliphatic rings. The molecule has 0 amide bonds. The number of ketones is 1. The molecule has 0 aromatic heterocycles. The van der Waals surface area contributed by atoms with Crippen LogP contribution in [0.2, 0.25) is 0 Å². The lowest BCUT2D eigenvalue weighted by atomic mass is 9.78. The molecule has 0 spiro atoms. The van der Waals surface area contributed by atoms with Crippen LogP contribution in [0.1, 0.15) is 20.3 Å². The highest BCUT2D eigenvalue weighted by molar-refractivity contribution is 6.05. The van der Waals surface area contributed by atoms with Crippen LogP contribution in [0.15, 0.2) is 24.0 Å². The van der Waals surface area contributed by atoms with Gasteiger partial charge in [0, 0.05) is 11.5 Å². The maximum absolute atomic E-state index is 11.2. The maximum atomic E-state index is 11.2. The summed E-state index contributed by atoms with van der Waals surface area (Å²) in [5, 5.41) is 0. The van der Waals surface area contributed by atoms with Gasteiger partial charge in [0.25, 0.3) is 6.47 Å². The second-order valence-electron chi connectivity index (χ2n) is 3.75. The van der Waals surface area contributed by atoms with E-state index in [0.717, 1.165) is 0 Å². The minimum Gasteiger partial charge on any atom is -0.433 e. The first-order valence-corrected chi connectivity index (χ1v) is 4.02. The zero-order valence-electron chi connectivity index (χ0n) is 7.79. The first-order valence-electron chi connectivity index (χ1n) is 4.02. The summed E-state index contributed by atoms with van der Waals surface area (Å²) in [7, 11) is 0. The fourth-order valence-electron chi connectivity index (χ4n) is 1.37. The van der Waals surface area contributed by atoms with Crippen LogP contribution in [0.3, 0.4) is 0 Å². The van der Waals surface area contributed by atoms with Crippen molar-refractivity contribution < 1.29 is 14.3 Å². The molecule has 0 radical (unpaired) electrons. The average Bonchev–Trinajstić information content (AvgIpc) is 2.00. The van der Waals surface area contributed by atoms with Crippen molar-refractivity contribution >= 4 is 12.3 Å². The van der Waals surface area contributed by atoms with Gasteiger partial charge in [-0.15, -0.1) is 0 Å². The van der Waals surface area contributed by atoms with E-state index in [1.54, 1.807) is 0 Å². The average molecular weight is 180 g/mol. The molecule has 1 aliphatic carbocycles. The van der Waals surface area contributed by atoms with Crippen molar-refractivity contribution in [1.29, 1.82) is 0 Å². The van der Waals surface area contributed by atoms with Crippen LogP contribution in [-0.4, -0.2) is 12.3 Å². The van der Waals surface area contributed by atoms with Crippen LogP contribution < -0.4 is 0 Å². The highest BCUT2D eigenvalue weighted by Crippen LogP contribution is 2.37. The van der Waals surface area contributed by atoms with Gasteiger partial charge in [0.1, 0.15) is 5.76 Å². The number of hydrogen-bond acceptors (Lipinski definition) is 3. The molecule has 0 aliphatic heterocycles. The molecule has 1 rings (SSSR count). The van der Waals surface area contributed by atoms with Gasteiger partial charge in [-0.3, -0.25) is 9.59 Å². The third-order valence-corrected chi connectivity index (χ3v) is 2.11. The largest absolute Gasteiger partial charge is 0.433 e. The molecule has 0 atom stereocenters. The fourth-order valence-corrected chi connectivity index (χ4v) is 1.37. The zero-order chi connectivity index (χ0) is 10.1. The van der Waals surface area contributed by atoms with Crippen LogP contribution in [0.4, 0.5) is 0 Å². The number of hydrogen-bond donors (Lipinski definition) is 0. The Balaban J connectivity index is 3.02. The Morgan fingerprint density at radius 3 is 2.77 bits per heavy atom. The van der Waals surface area contributed by atoms with Crippen molar-refractivity contribution in [2.24, 2.45) is 5.41 Å². The van der Waals surface area contributed by atoms with E-state index >= 15 is 0 Å². The number of ether oxygens (including phenoxy) is 1. The van der Waals surface area contributed by atoms with Crippen molar-refractivity contribution in [3.63, 3.8) is 0 Å². The van der Waals surface area contributed by atoms with E-state index in [1.807, 2.05) is 13.8 Å². The summed E-state index contributed by atoms with van der Waals surface area (Å²) >= 11 is 0. The van der Waals surface area contributed by atoms with Gasteiger partial charge in [-0.05, 0) is 12.0 Å². The smallest absolute Gasteiger partial charge is 0.298 e. The summed E-state index contributed by atoms with van der Waals surface area (Å²) in [6.45, 7) is 7.80. The summed E-state index contributed by atoms with van der Waals surface area (Å²) in [5.41, 5.74) is 0.245. The molecule has 0 N–H and O–H groups in total. The van der Waals surface area contributed by atoms with Crippen LogP contribution in [0.5, 0.6) is 0 Å². The molecule has 0 saturated carbocycles. The molecule has 13 heavy (non-hydrogen) atoms. The third-order valence-electron chi connectivity index (χ3n) is 2.11. The van der Waals surface area contributed by atoms with Gasteiger partial charge in [0.2, 0.25) is 0 Å². The first-order chi connectivity index (χ1) is 5.97. The van der Waals surface area contributed by atoms with E-state index < -0.39 is 0 Å². The quantitative estimate of drug-likeness (QED) is 0.479. The lowest BCUT2D eigenvalue weighted by Gasteiger charge is -2.29. The predicted molar refractivity (Wildman–Crippen MR) is 47.8 cm³/mol. The number of carbonyl (C=O) groups is 2.